The van der Waals surface area contributed by atoms with Crippen molar-refractivity contribution in [2.45, 2.75) is 12.8 Å². The maximum atomic E-state index is 11.2. The molecule has 1 N–H and O–H groups in total. The predicted molar refractivity (Wildman–Crippen MR) is 89.9 cm³/mol. The van der Waals surface area contributed by atoms with Crippen LogP contribution in [-0.2, 0) is 12.8 Å². The first-order valence-corrected chi connectivity index (χ1v) is 7.75. The Bertz CT molecular complexity index is 944. The van der Waals surface area contributed by atoms with Crippen LogP contribution < -0.4 is 4.74 Å². The van der Waals surface area contributed by atoms with Crippen molar-refractivity contribution in [3.8, 4) is 22.6 Å². The average Bonchev–Trinajstić information content (AvgIpc) is 3.06. The molecule has 5 heteroatoms. The van der Waals surface area contributed by atoms with E-state index < -0.39 is 5.97 Å². The average molecular weight is 320 g/mol. The van der Waals surface area contributed by atoms with Gasteiger partial charge in [-0.05, 0) is 54.3 Å². The third kappa shape index (κ3) is 2.34. The molecule has 5 nitrogen and oxygen atoms in total. The summed E-state index contributed by atoms with van der Waals surface area (Å²) in [5.74, 6) is -0.119. The van der Waals surface area contributed by atoms with Gasteiger partial charge in [-0.2, -0.15) is 5.10 Å². The van der Waals surface area contributed by atoms with E-state index in [1.807, 2.05) is 24.4 Å². The van der Waals surface area contributed by atoms with Gasteiger partial charge in [-0.15, -0.1) is 0 Å². The second-order valence-corrected chi connectivity index (χ2v) is 5.81. The maximum Gasteiger partial charge on any atom is 0.335 e. The molecular formula is C19H16N2O3. The van der Waals surface area contributed by atoms with Gasteiger partial charge in [0.2, 0.25) is 0 Å². The zero-order valence-electron chi connectivity index (χ0n) is 13.2. The Morgan fingerprint density at radius 2 is 2.04 bits per heavy atom. The van der Waals surface area contributed by atoms with Gasteiger partial charge < -0.3 is 9.84 Å². The monoisotopic (exact) mass is 320 g/mol. The number of nitrogens with zero attached hydrogens (tertiary/aromatic N) is 2. The van der Waals surface area contributed by atoms with E-state index in [4.69, 9.17) is 9.84 Å². The topological polar surface area (TPSA) is 64.3 Å². The summed E-state index contributed by atoms with van der Waals surface area (Å²) in [4.78, 5) is 11.2. The highest BCUT2D eigenvalue weighted by Crippen LogP contribution is 2.35. The highest BCUT2D eigenvalue weighted by atomic mass is 16.5. The van der Waals surface area contributed by atoms with Gasteiger partial charge in [-0.25, -0.2) is 9.48 Å². The lowest BCUT2D eigenvalue weighted by molar-refractivity contribution is 0.0697. The Labute approximate surface area is 139 Å². The Kier molecular flexibility index (Phi) is 3.34. The van der Waals surface area contributed by atoms with E-state index in [1.54, 1.807) is 30.0 Å². The van der Waals surface area contributed by atoms with Crippen LogP contribution in [-0.4, -0.2) is 28.0 Å². The van der Waals surface area contributed by atoms with Crippen LogP contribution in [0.1, 0.15) is 21.6 Å². The molecule has 2 aromatic carbocycles. The van der Waals surface area contributed by atoms with Crippen molar-refractivity contribution in [3.05, 3.63) is 65.5 Å². The number of hydrogen-bond acceptors (Lipinski definition) is 3. The van der Waals surface area contributed by atoms with Crippen molar-refractivity contribution in [2.75, 3.05) is 7.11 Å². The number of aryl methyl sites for hydroxylation is 2. The van der Waals surface area contributed by atoms with E-state index in [9.17, 15) is 4.79 Å². The molecule has 0 unspecified atom stereocenters. The molecule has 0 amide bonds. The van der Waals surface area contributed by atoms with Crippen molar-refractivity contribution >= 4 is 5.97 Å². The summed E-state index contributed by atoms with van der Waals surface area (Å²) in [6, 6.07) is 12.9. The highest BCUT2D eigenvalue weighted by molar-refractivity contribution is 5.88. The smallest absolute Gasteiger partial charge is 0.335 e. The Morgan fingerprint density at radius 3 is 2.83 bits per heavy atom. The molecule has 4 rings (SSSR count). The minimum absolute atomic E-state index is 0.253. The molecule has 3 aromatic rings. The molecule has 1 aromatic heterocycles. The quantitative estimate of drug-likeness (QED) is 0.804. The van der Waals surface area contributed by atoms with E-state index in [0.717, 1.165) is 41.1 Å². The van der Waals surface area contributed by atoms with Crippen molar-refractivity contribution in [2.24, 2.45) is 0 Å². The standard InChI is InChI=1S/C19H16N2O3/c1-24-15-7-5-12-6-8-18-17(16(12)10-15)11-21(20-18)14-4-2-3-13(9-14)19(22)23/h2-5,7,9-11H,6,8H2,1H3,(H,22,23). The summed E-state index contributed by atoms with van der Waals surface area (Å²) < 4.78 is 7.09. The number of carbonyl (C=O) groups is 1. The summed E-state index contributed by atoms with van der Waals surface area (Å²) in [6.45, 7) is 0. The van der Waals surface area contributed by atoms with Crippen molar-refractivity contribution in [1.82, 2.24) is 9.78 Å². The molecule has 0 atom stereocenters. The summed E-state index contributed by atoms with van der Waals surface area (Å²) in [6.07, 6.45) is 3.78. The number of carboxylic acid groups (broad SMARTS) is 1. The summed E-state index contributed by atoms with van der Waals surface area (Å²) in [5, 5.41) is 13.8. The molecule has 120 valence electrons. The normalized spacial score (nSPS) is 12.4. The van der Waals surface area contributed by atoms with Gasteiger partial charge in [0.15, 0.2) is 0 Å². The minimum Gasteiger partial charge on any atom is -0.497 e. The molecule has 0 spiro atoms. The van der Waals surface area contributed by atoms with E-state index in [-0.39, 0.29) is 5.56 Å². The minimum atomic E-state index is -0.941. The zero-order chi connectivity index (χ0) is 16.7. The van der Waals surface area contributed by atoms with E-state index in [0.29, 0.717) is 0 Å². The van der Waals surface area contributed by atoms with Crippen LogP contribution in [0.2, 0.25) is 0 Å². The number of aromatic nitrogens is 2. The number of aromatic carboxylic acids is 1. The molecule has 0 saturated heterocycles. The van der Waals surface area contributed by atoms with Gasteiger partial charge in [-0.1, -0.05) is 12.1 Å². The lowest BCUT2D eigenvalue weighted by atomic mass is 9.90. The fraction of sp³-hybridized carbons (Fsp3) is 0.158. The first-order chi connectivity index (χ1) is 11.7. The number of benzene rings is 2. The second-order valence-electron chi connectivity index (χ2n) is 5.81. The lowest BCUT2D eigenvalue weighted by Gasteiger charge is -2.15. The Morgan fingerprint density at radius 1 is 1.17 bits per heavy atom. The van der Waals surface area contributed by atoms with Crippen LogP contribution in [0, 0.1) is 0 Å². The van der Waals surface area contributed by atoms with E-state index in [1.165, 1.54) is 5.56 Å². The summed E-state index contributed by atoms with van der Waals surface area (Å²) in [5.41, 5.74) is 5.52. The summed E-state index contributed by atoms with van der Waals surface area (Å²) in [7, 11) is 1.66. The fourth-order valence-electron chi connectivity index (χ4n) is 3.14. The number of fused-ring (bicyclic) bond motifs is 3. The number of hydrogen-bond donors (Lipinski definition) is 1. The van der Waals surface area contributed by atoms with Gasteiger partial charge in [0.1, 0.15) is 5.75 Å². The third-order valence-electron chi connectivity index (χ3n) is 4.39. The van der Waals surface area contributed by atoms with Crippen molar-refractivity contribution in [3.63, 3.8) is 0 Å². The molecule has 1 heterocycles. The zero-order valence-corrected chi connectivity index (χ0v) is 13.2. The van der Waals surface area contributed by atoms with Crippen molar-refractivity contribution < 1.29 is 14.6 Å². The second kappa shape index (κ2) is 5.53. The first-order valence-electron chi connectivity index (χ1n) is 7.75. The van der Waals surface area contributed by atoms with Crippen LogP contribution in [0.3, 0.4) is 0 Å². The molecule has 0 radical (unpaired) electrons. The van der Waals surface area contributed by atoms with Crippen LogP contribution >= 0.6 is 0 Å². The molecule has 0 aliphatic heterocycles. The van der Waals surface area contributed by atoms with Gasteiger partial charge in [0.05, 0.1) is 24.1 Å². The maximum absolute atomic E-state index is 11.2. The van der Waals surface area contributed by atoms with Crippen LogP contribution in [0.4, 0.5) is 0 Å². The molecule has 24 heavy (non-hydrogen) atoms. The van der Waals surface area contributed by atoms with Gasteiger partial charge >= 0.3 is 5.97 Å². The Balaban J connectivity index is 1.81. The van der Waals surface area contributed by atoms with Crippen LogP contribution in [0.25, 0.3) is 16.8 Å². The number of methoxy groups -OCH3 is 1. The number of rotatable bonds is 3. The highest BCUT2D eigenvalue weighted by Gasteiger charge is 2.20. The van der Waals surface area contributed by atoms with Crippen molar-refractivity contribution in [1.29, 1.82) is 0 Å². The number of ether oxygens (including phenoxy) is 1. The first kappa shape index (κ1) is 14.5. The largest absolute Gasteiger partial charge is 0.497 e. The van der Waals surface area contributed by atoms with Crippen LogP contribution in [0.15, 0.2) is 48.7 Å². The van der Waals surface area contributed by atoms with E-state index in [2.05, 4.69) is 11.2 Å². The van der Waals surface area contributed by atoms with Gasteiger partial charge in [-0.3, -0.25) is 0 Å². The molecule has 0 fully saturated rings. The Hall–Kier alpha value is -3.08. The van der Waals surface area contributed by atoms with Gasteiger partial charge in [0.25, 0.3) is 0 Å². The van der Waals surface area contributed by atoms with E-state index >= 15 is 0 Å². The summed E-state index contributed by atoms with van der Waals surface area (Å²) >= 11 is 0. The third-order valence-corrected chi connectivity index (χ3v) is 4.39. The van der Waals surface area contributed by atoms with Gasteiger partial charge in [0, 0.05) is 11.8 Å². The molecule has 0 bridgehead atoms. The molecule has 0 saturated carbocycles. The SMILES string of the molecule is COc1ccc2c(c1)-c1cn(-c3cccc(C(=O)O)c3)nc1CC2. The molecule has 1 aliphatic rings. The predicted octanol–water partition coefficient (Wildman–Crippen LogP) is 3.34. The lowest BCUT2D eigenvalue weighted by Crippen LogP contribution is -2.03. The molecular weight excluding hydrogens is 304 g/mol. The molecule has 1 aliphatic carbocycles. The van der Waals surface area contributed by atoms with Crippen LogP contribution in [0.5, 0.6) is 5.75 Å². The number of carboxylic acids is 1. The fourth-order valence-corrected chi connectivity index (χ4v) is 3.14.